The van der Waals surface area contributed by atoms with Crippen LogP contribution in [0.2, 0.25) is 5.02 Å². The summed E-state index contributed by atoms with van der Waals surface area (Å²) >= 11 is 6.05. The topological polar surface area (TPSA) is 64.6 Å². The van der Waals surface area contributed by atoms with Gasteiger partial charge in [0.15, 0.2) is 11.5 Å². The van der Waals surface area contributed by atoms with Crippen molar-refractivity contribution in [3.05, 3.63) is 47.0 Å². The summed E-state index contributed by atoms with van der Waals surface area (Å²) in [5.74, 6) is 0.597. The van der Waals surface area contributed by atoms with E-state index in [1.165, 1.54) is 18.2 Å². The highest BCUT2D eigenvalue weighted by Gasteiger charge is 2.37. The Balaban J connectivity index is 2.00. The number of hydrogen-bond acceptors (Lipinski definition) is 4. The summed E-state index contributed by atoms with van der Waals surface area (Å²) in [4.78, 5) is -0.893. The molecule has 0 spiro atoms. The van der Waals surface area contributed by atoms with Gasteiger partial charge < -0.3 is 9.47 Å². The van der Waals surface area contributed by atoms with E-state index in [0.717, 1.165) is 12.1 Å². The van der Waals surface area contributed by atoms with Crippen molar-refractivity contribution >= 4 is 27.3 Å². The number of ether oxygens (including phenoxy) is 2. The molecule has 1 N–H and O–H groups in total. The lowest BCUT2D eigenvalue weighted by Crippen LogP contribution is -2.19. The highest BCUT2D eigenvalue weighted by molar-refractivity contribution is 7.92. The fourth-order valence-corrected chi connectivity index (χ4v) is 3.95. The zero-order chi connectivity index (χ0) is 18.9. The van der Waals surface area contributed by atoms with Crippen molar-refractivity contribution in [3.8, 4) is 11.5 Å². The lowest BCUT2D eigenvalue weighted by Gasteiger charge is -2.16. The molecule has 0 atom stereocenters. The number of hydrogen-bond donors (Lipinski definition) is 1. The van der Waals surface area contributed by atoms with Gasteiger partial charge in [-0.2, -0.15) is 13.2 Å². The summed E-state index contributed by atoms with van der Waals surface area (Å²) in [5, 5.41) is -0.0256. The molecule has 0 saturated carbocycles. The highest BCUT2D eigenvalue weighted by Crippen LogP contribution is 2.39. The minimum Gasteiger partial charge on any atom is -0.490 e. The Bertz CT molecular complexity index is 932. The monoisotopic (exact) mass is 407 g/mol. The Morgan fingerprint density at radius 2 is 1.65 bits per heavy atom. The molecule has 0 fully saturated rings. The summed E-state index contributed by atoms with van der Waals surface area (Å²) in [7, 11) is -4.54. The minimum absolute atomic E-state index is 0.0256. The van der Waals surface area contributed by atoms with E-state index in [1.807, 2.05) is 0 Å². The fraction of sp³-hybridized carbons (Fsp3) is 0.250. The van der Waals surface area contributed by atoms with Crippen molar-refractivity contribution in [3.63, 3.8) is 0 Å². The van der Waals surface area contributed by atoms with Crippen LogP contribution in [0.5, 0.6) is 11.5 Å². The number of anilines is 1. The predicted molar refractivity (Wildman–Crippen MR) is 89.3 cm³/mol. The lowest BCUT2D eigenvalue weighted by atomic mass is 10.2. The van der Waals surface area contributed by atoms with Gasteiger partial charge in [-0.05, 0) is 12.1 Å². The predicted octanol–water partition coefficient (Wildman–Crippen LogP) is 4.32. The first-order valence-corrected chi connectivity index (χ1v) is 9.33. The van der Waals surface area contributed by atoms with Crippen molar-refractivity contribution in [1.82, 2.24) is 0 Å². The quantitative estimate of drug-likeness (QED) is 0.823. The smallest absolute Gasteiger partial charge is 0.417 e. The van der Waals surface area contributed by atoms with Crippen LogP contribution >= 0.6 is 11.6 Å². The van der Waals surface area contributed by atoms with Crippen LogP contribution in [0.4, 0.5) is 18.9 Å². The van der Waals surface area contributed by atoms with Gasteiger partial charge in [-0.15, -0.1) is 0 Å². The molecule has 2 aromatic carbocycles. The van der Waals surface area contributed by atoms with E-state index in [9.17, 15) is 21.6 Å². The molecule has 0 unspecified atom stereocenters. The average molecular weight is 408 g/mol. The Morgan fingerprint density at radius 1 is 1.04 bits per heavy atom. The van der Waals surface area contributed by atoms with Gasteiger partial charge in [-0.25, -0.2) is 8.42 Å². The van der Waals surface area contributed by atoms with Crippen molar-refractivity contribution in [2.24, 2.45) is 0 Å². The summed E-state index contributed by atoms with van der Waals surface area (Å²) < 4.78 is 77.3. The van der Waals surface area contributed by atoms with Crippen LogP contribution in [0.25, 0.3) is 0 Å². The van der Waals surface area contributed by atoms with Crippen LogP contribution in [0.15, 0.2) is 41.3 Å². The van der Waals surface area contributed by atoms with E-state index in [1.54, 1.807) is 0 Å². The van der Waals surface area contributed by atoms with Gasteiger partial charge in [0, 0.05) is 18.6 Å². The van der Waals surface area contributed by atoms with Gasteiger partial charge in [0.2, 0.25) is 0 Å². The molecule has 26 heavy (non-hydrogen) atoms. The third kappa shape index (κ3) is 3.83. The Labute approximate surface area is 152 Å². The Morgan fingerprint density at radius 3 is 2.31 bits per heavy atom. The summed E-state index contributed by atoms with van der Waals surface area (Å²) in [6, 6.07) is 6.54. The first-order valence-electron chi connectivity index (χ1n) is 7.47. The molecule has 0 bridgehead atoms. The molecular formula is C16H13ClF3NO4S. The number of fused-ring (bicyclic) bond motifs is 1. The number of halogens is 4. The molecule has 0 aliphatic carbocycles. The molecular weight excluding hydrogens is 395 g/mol. The molecule has 140 valence electrons. The van der Waals surface area contributed by atoms with Crippen LogP contribution in [0.3, 0.4) is 0 Å². The normalized spacial score (nSPS) is 14.6. The van der Waals surface area contributed by atoms with Crippen LogP contribution in [-0.2, 0) is 16.2 Å². The standard InChI is InChI=1S/C16H13ClF3NO4S/c17-11-8-13-14(25-7-3-6-24-13)9-12(11)21-26(22,23)15-5-2-1-4-10(15)16(18,19)20/h1-2,4-5,8-9,21H,3,6-7H2. The number of sulfonamides is 1. The maximum absolute atomic E-state index is 13.1. The third-order valence-corrected chi connectivity index (χ3v) is 5.30. The molecule has 1 heterocycles. The van der Waals surface area contributed by atoms with E-state index in [4.69, 9.17) is 21.1 Å². The van der Waals surface area contributed by atoms with Crippen molar-refractivity contribution in [1.29, 1.82) is 0 Å². The van der Waals surface area contributed by atoms with Gasteiger partial charge in [0.25, 0.3) is 10.0 Å². The van der Waals surface area contributed by atoms with E-state index in [-0.39, 0.29) is 16.5 Å². The molecule has 10 heteroatoms. The SMILES string of the molecule is O=S(=O)(Nc1cc2c(cc1Cl)OCCCO2)c1ccccc1C(F)(F)F. The Hall–Kier alpha value is -2.13. The van der Waals surface area contributed by atoms with Crippen molar-refractivity contribution in [2.75, 3.05) is 17.9 Å². The molecule has 3 rings (SSSR count). The zero-order valence-electron chi connectivity index (χ0n) is 13.1. The third-order valence-electron chi connectivity index (χ3n) is 3.56. The summed E-state index contributed by atoms with van der Waals surface area (Å²) in [6.07, 6.45) is -4.19. The highest BCUT2D eigenvalue weighted by atomic mass is 35.5. The minimum atomic E-state index is -4.82. The second-order valence-corrected chi connectivity index (χ2v) is 7.49. The molecule has 0 amide bonds. The fourth-order valence-electron chi connectivity index (χ4n) is 2.40. The largest absolute Gasteiger partial charge is 0.490 e. The molecule has 1 aliphatic rings. The number of nitrogens with one attached hydrogen (secondary N) is 1. The summed E-state index contributed by atoms with van der Waals surface area (Å²) in [6.45, 7) is 0.769. The molecule has 5 nitrogen and oxygen atoms in total. The van der Waals surface area contributed by atoms with Crippen LogP contribution < -0.4 is 14.2 Å². The number of alkyl halides is 3. The zero-order valence-corrected chi connectivity index (χ0v) is 14.7. The van der Waals surface area contributed by atoms with E-state index in [2.05, 4.69) is 4.72 Å². The maximum Gasteiger partial charge on any atom is 0.417 e. The first kappa shape index (κ1) is 18.7. The lowest BCUT2D eigenvalue weighted by molar-refractivity contribution is -0.139. The Kier molecular flexibility index (Phi) is 4.94. The van der Waals surface area contributed by atoms with Crippen molar-refractivity contribution < 1.29 is 31.1 Å². The van der Waals surface area contributed by atoms with E-state index < -0.39 is 26.7 Å². The van der Waals surface area contributed by atoms with E-state index >= 15 is 0 Å². The van der Waals surface area contributed by atoms with Gasteiger partial charge in [0.05, 0.1) is 34.4 Å². The average Bonchev–Trinajstić information content (AvgIpc) is 2.79. The van der Waals surface area contributed by atoms with Crippen molar-refractivity contribution in [2.45, 2.75) is 17.5 Å². The van der Waals surface area contributed by atoms with Gasteiger partial charge in [-0.1, -0.05) is 23.7 Å². The molecule has 0 radical (unpaired) electrons. The first-order chi connectivity index (χ1) is 12.2. The molecule has 0 saturated heterocycles. The van der Waals surface area contributed by atoms with Crippen LogP contribution in [0.1, 0.15) is 12.0 Å². The summed E-state index contributed by atoms with van der Waals surface area (Å²) in [5.41, 5.74) is -1.37. The van der Waals surface area contributed by atoms with Gasteiger partial charge in [0.1, 0.15) is 0 Å². The second-order valence-electron chi connectivity index (χ2n) is 5.43. The van der Waals surface area contributed by atoms with E-state index in [0.29, 0.717) is 31.5 Å². The molecule has 2 aromatic rings. The van der Waals surface area contributed by atoms with Crippen LogP contribution in [-0.4, -0.2) is 21.6 Å². The van der Waals surface area contributed by atoms with Gasteiger partial charge in [-0.3, -0.25) is 4.72 Å². The second kappa shape index (κ2) is 6.88. The molecule has 0 aromatic heterocycles. The molecule has 1 aliphatic heterocycles. The van der Waals surface area contributed by atoms with Gasteiger partial charge >= 0.3 is 6.18 Å². The number of benzene rings is 2. The maximum atomic E-state index is 13.1. The number of rotatable bonds is 3. The van der Waals surface area contributed by atoms with Crippen LogP contribution in [0, 0.1) is 0 Å².